The van der Waals surface area contributed by atoms with Crippen LogP contribution in [0.5, 0.6) is 0 Å². The summed E-state index contributed by atoms with van der Waals surface area (Å²) in [7, 11) is 1.52. The Bertz CT molecular complexity index is 324. The minimum absolute atomic E-state index is 0.144. The van der Waals surface area contributed by atoms with Gasteiger partial charge >= 0.3 is 0 Å². The lowest BCUT2D eigenvalue weighted by molar-refractivity contribution is -0.124. The molecule has 5 heteroatoms. The Morgan fingerprint density at radius 2 is 2.00 bits per heavy atom. The topological polar surface area (TPSA) is 49.7 Å². The molecule has 1 aliphatic carbocycles. The average molecular weight is 240 g/mol. The Labute approximate surface area is 99.5 Å². The maximum absolute atomic E-state index is 11.6. The molecule has 0 bridgehead atoms. The number of hydrogen-bond donors (Lipinski definition) is 0. The van der Waals surface area contributed by atoms with Gasteiger partial charge in [0, 0.05) is 19.3 Å². The molecule has 0 N–H and O–H groups in total. The summed E-state index contributed by atoms with van der Waals surface area (Å²) >= 11 is 1.06. The van der Waals surface area contributed by atoms with Crippen LogP contribution in [0.1, 0.15) is 32.1 Å². The number of carbonyl (C=O) groups is 2. The summed E-state index contributed by atoms with van der Waals surface area (Å²) in [5.74, 6) is -0.144. The van der Waals surface area contributed by atoms with E-state index in [-0.39, 0.29) is 16.4 Å². The molecule has 2 fully saturated rings. The predicted octanol–water partition coefficient (Wildman–Crippen LogP) is 2.08. The van der Waals surface area contributed by atoms with E-state index in [1.807, 2.05) is 0 Å². The van der Waals surface area contributed by atoms with Crippen molar-refractivity contribution in [3.8, 4) is 0 Å². The Balaban J connectivity index is 1.91. The van der Waals surface area contributed by atoms with Crippen molar-refractivity contribution in [3.63, 3.8) is 0 Å². The van der Waals surface area contributed by atoms with Gasteiger partial charge in [-0.25, -0.2) is 0 Å². The Morgan fingerprint density at radius 1 is 1.31 bits per heavy atom. The van der Waals surface area contributed by atoms with Crippen LogP contribution < -0.4 is 0 Å². The van der Waals surface area contributed by atoms with E-state index in [1.165, 1.54) is 31.2 Å². The second kappa shape index (κ2) is 4.99. The summed E-state index contributed by atoms with van der Waals surface area (Å²) in [6.45, 7) is 0. The quantitative estimate of drug-likeness (QED) is 0.694. The van der Waals surface area contributed by atoms with Crippen molar-refractivity contribution in [2.75, 3.05) is 7.05 Å². The van der Waals surface area contributed by atoms with Crippen molar-refractivity contribution >= 4 is 29.1 Å². The lowest BCUT2D eigenvalue weighted by Gasteiger charge is -2.17. The van der Waals surface area contributed by atoms with Crippen molar-refractivity contribution in [2.45, 2.75) is 43.4 Å². The number of aliphatic imine (C=N–C) groups is 1. The van der Waals surface area contributed by atoms with Crippen LogP contribution in [0.2, 0.25) is 0 Å². The highest BCUT2D eigenvalue weighted by atomic mass is 32.2. The number of nitrogens with zero attached hydrogens (tertiary/aromatic N) is 2. The highest BCUT2D eigenvalue weighted by Gasteiger charge is 2.36. The molecular formula is C11H16N2O2S. The standard InChI is InChI=1S/C11H16N2O2S/c1-13-10(14)9(16-11(13)15)7-12-8-5-3-2-4-6-8/h7-9H,2-6H2,1H3/t9-/m1/s1. The maximum Gasteiger partial charge on any atom is 0.289 e. The molecule has 2 amide bonds. The summed E-state index contributed by atoms with van der Waals surface area (Å²) in [6, 6.07) is 0.364. The number of rotatable bonds is 2. The molecule has 0 spiro atoms. The van der Waals surface area contributed by atoms with Gasteiger partial charge in [0.05, 0.1) is 0 Å². The minimum atomic E-state index is -0.389. The van der Waals surface area contributed by atoms with Crippen molar-refractivity contribution in [3.05, 3.63) is 0 Å². The smallest absolute Gasteiger partial charge is 0.289 e. The summed E-state index contributed by atoms with van der Waals surface area (Å²) in [5.41, 5.74) is 0. The van der Waals surface area contributed by atoms with Gasteiger partial charge in [0.1, 0.15) is 5.25 Å². The summed E-state index contributed by atoms with van der Waals surface area (Å²) in [4.78, 5) is 28.4. The molecule has 1 saturated carbocycles. The van der Waals surface area contributed by atoms with Crippen molar-refractivity contribution in [2.24, 2.45) is 4.99 Å². The predicted molar refractivity (Wildman–Crippen MR) is 64.9 cm³/mol. The van der Waals surface area contributed by atoms with E-state index in [4.69, 9.17) is 0 Å². The first kappa shape index (κ1) is 11.6. The second-order valence-corrected chi connectivity index (χ2v) is 5.38. The fourth-order valence-electron chi connectivity index (χ4n) is 2.04. The van der Waals surface area contributed by atoms with Gasteiger partial charge in [-0.2, -0.15) is 0 Å². The molecule has 1 aliphatic heterocycles. The van der Waals surface area contributed by atoms with E-state index < -0.39 is 0 Å². The van der Waals surface area contributed by atoms with E-state index in [0.29, 0.717) is 6.04 Å². The van der Waals surface area contributed by atoms with Crippen LogP contribution in [-0.2, 0) is 4.79 Å². The molecule has 1 atom stereocenters. The first-order valence-corrected chi connectivity index (χ1v) is 6.58. The van der Waals surface area contributed by atoms with Crippen molar-refractivity contribution < 1.29 is 9.59 Å². The summed E-state index contributed by atoms with van der Waals surface area (Å²) in [5, 5.41) is -0.565. The SMILES string of the molecule is CN1C(=O)S[C@H](C=NC2CCCCC2)C1=O. The molecule has 0 aromatic rings. The zero-order valence-electron chi connectivity index (χ0n) is 9.39. The van der Waals surface area contributed by atoms with Crippen LogP contribution in [0.15, 0.2) is 4.99 Å². The Hall–Kier alpha value is -0.840. The van der Waals surface area contributed by atoms with Gasteiger partial charge < -0.3 is 0 Å². The van der Waals surface area contributed by atoms with Gasteiger partial charge in [0.2, 0.25) is 5.91 Å². The molecule has 4 nitrogen and oxygen atoms in total. The molecule has 0 aromatic heterocycles. The largest absolute Gasteiger partial charge is 0.292 e. The number of amides is 2. The van der Waals surface area contributed by atoms with E-state index in [2.05, 4.69) is 4.99 Å². The molecule has 1 heterocycles. The third kappa shape index (κ3) is 2.45. The van der Waals surface area contributed by atoms with Crippen LogP contribution in [0.3, 0.4) is 0 Å². The second-order valence-electron chi connectivity index (χ2n) is 4.29. The lowest BCUT2D eigenvalue weighted by Crippen LogP contribution is -2.28. The highest BCUT2D eigenvalue weighted by molar-refractivity contribution is 8.15. The summed E-state index contributed by atoms with van der Waals surface area (Å²) in [6.07, 6.45) is 7.66. The lowest BCUT2D eigenvalue weighted by atomic mass is 9.96. The molecule has 16 heavy (non-hydrogen) atoms. The van der Waals surface area contributed by atoms with Crippen molar-refractivity contribution in [1.29, 1.82) is 0 Å². The van der Waals surface area contributed by atoms with Gasteiger partial charge in [-0.05, 0) is 24.6 Å². The van der Waals surface area contributed by atoms with Crippen LogP contribution in [0, 0.1) is 0 Å². The third-order valence-electron chi connectivity index (χ3n) is 3.08. The minimum Gasteiger partial charge on any atom is -0.292 e. The molecule has 2 rings (SSSR count). The van der Waals surface area contributed by atoms with E-state index >= 15 is 0 Å². The van der Waals surface area contributed by atoms with E-state index in [9.17, 15) is 9.59 Å². The first-order chi connectivity index (χ1) is 7.68. The number of imide groups is 1. The third-order valence-corrected chi connectivity index (χ3v) is 4.14. The maximum atomic E-state index is 11.6. The Morgan fingerprint density at radius 3 is 2.56 bits per heavy atom. The number of hydrogen-bond acceptors (Lipinski definition) is 4. The fourth-order valence-corrected chi connectivity index (χ4v) is 2.90. The molecule has 0 unspecified atom stereocenters. The van der Waals surface area contributed by atoms with Crippen LogP contribution >= 0.6 is 11.8 Å². The molecule has 0 radical (unpaired) electrons. The van der Waals surface area contributed by atoms with Crippen LogP contribution in [-0.4, -0.2) is 40.6 Å². The van der Waals surface area contributed by atoms with Gasteiger partial charge in [-0.3, -0.25) is 19.5 Å². The molecule has 88 valence electrons. The molecular weight excluding hydrogens is 224 g/mol. The average Bonchev–Trinajstić information content (AvgIpc) is 2.56. The molecule has 0 aromatic carbocycles. The fraction of sp³-hybridized carbons (Fsp3) is 0.727. The molecule has 2 aliphatic rings. The molecule has 1 saturated heterocycles. The van der Waals surface area contributed by atoms with Gasteiger partial charge in [0.25, 0.3) is 5.24 Å². The normalized spacial score (nSPS) is 28.3. The van der Waals surface area contributed by atoms with Crippen molar-refractivity contribution in [1.82, 2.24) is 4.90 Å². The number of thioether (sulfide) groups is 1. The van der Waals surface area contributed by atoms with Crippen LogP contribution in [0.25, 0.3) is 0 Å². The van der Waals surface area contributed by atoms with Crippen LogP contribution in [0.4, 0.5) is 4.79 Å². The van der Waals surface area contributed by atoms with Gasteiger partial charge in [-0.15, -0.1) is 0 Å². The summed E-state index contributed by atoms with van der Waals surface area (Å²) < 4.78 is 0. The van der Waals surface area contributed by atoms with Gasteiger partial charge in [0.15, 0.2) is 0 Å². The highest BCUT2D eigenvalue weighted by Crippen LogP contribution is 2.25. The zero-order valence-corrected chi connectivity index (χ0v) is 10.2. The zero-order chi connectivity index (χ0) is 11.5. The number of carbonyl (C=O) groups excluding carboxylic acids is 2. The van der Waals surface area contributed by atoms with E-state index in [0.717, 1.165) is 24.6 Å². The monoisotopic (exact) mass is 240 g/mol. The van der Waals surface area contributed by atoms with E-state index in [1.54, 1.807) is 6.21 Å². The first-order valence-electron chi connectivity index (χ1n) is 5.70. The Kier molecular flexibility index (Phi) is 3.63. The van der Waals surface area contributed by atoms with Gasteiger partial charge in [-0.1, -0.05) is 19.3 Å².